The van der Waals surface area contributed by atoms with Crippen molar-refractivity contribution in [2.24, 2.45) is 0 Å². The molecule has 3 heteroatoms. The van der Waals surface area contributed by atoms with Gasteiger partial charge in [0.25, 0.3) is 0 Å². The number of hydrogen-bond donors (Lipinski definition) is 2. The Balaban J connectivity index is 2.05. The van der Waals surface area contributed by atoms with Crippen molar-refractivity contribution in [3.63, 3.8) is 0 Å². The first kappa shape index (κ1) is 15.3. The Morgan fingerprint density at radius 3 is 2.61 bits per heavy atom. The van der Waals surface area contributed by atoms with Crippen LogP contribution in [0.25, 0.3) is 5.70 Å². The number of allylic oxidation sites excluding steroid dienone is 1. The minimum Gasteiger partial charge on any atom is -0.388 e. The molecule has 3 rings (SSSR count). The summed E-state index contributed by atoms with van der Waals surface area (Å²) in [5, 5.41) is 6.68. The van der Waals surface area contributed by atoms with Crippen LogP contribution in [0.15, 0.2) is 54.6 Å². The third-order valence-electron chi connectivity index (χ3n) is 4.13. The molecule has 0 amide bonds. The minimum atomic E-state index is -0.0725. The van der Waals surface area contributed by atoms with Crippen molar-refractivity contribution in [2.45, 2.75) is 25.8 Å². The molecule has 0 aliphatic carbocycles. The number of benzene rings is 2. The summed E-state index contributed by atoms with van der Waals surface area (Å²) in [5.41, 5.74) is 4.93. The third-order valence-corrected chi connectivity index (χ3v) is 4.13. The number of carbonyl (C=O) groups excluding carboxylic acids is 1. The van der Waals surface area contributed by atoms with Gasteiger partial charge in [-0.3, -0.25) is 4.79 Å². The molecule has 2 N–H and O–H groups in total. The molecule has 118 valence electrons. The van der Waals surface area contributed by atoms with Crippen LogP contribution in [0.3, 0.4) is 0 Å². The van der Waals surface area contributed by atoms with Crippen LogP contribution in [0.4, 0.5) is 5.69 Å². The van der Waals surface area contributed by atoms with Crippen molar-refractivity contribution < 1.29 is 4.79 Å². The maximum Gasteiger partial charge on any atom is 0.187 e. The second-order valence-corrected chi connectivity index (χ2v) is 6.60. The SMILES string of the molecule is CNc1ccc2c(c1)C(=CC(=O)c1ccccc1)NC(C)(C)C2. The fourth-order valence-electron chi connectivity index (χ4n) is 3.02. The van der Waals surface area contributed by atoms with E-state index in [1.807, 2.05) is 37.4 Å². The quantitative estimate of drug-likeness (QED) is 0.668. The average Bonchev–Trinajstić information content (AvgIpc) is 2.54. The van der Waals surface area contributed by atoms with E-state index in [4.69, 9.17) is 0 Å². The number of carbonyl (C=O) groups is 1. The summed E-state index contributed by atoms with van der Waals surface area (Å²) in [5.74, 6) is 0.0200. The summed E-state index contributed by atoms with van der Waals surface area (Å²) in [6.45, 7) is 4.31. The van der Waals surface area contributed by atoms with Gasteiger partial charge in [-0.05, 0) is 38.0 Å². The third kappa shape index (κ3) is 3.29. The molecule has 0 atom stereocenters. The van der Waals surface area contributed by atoms with Crippen molar-refractivity contribution in [1.29, 1.82) is 0 Å². The van der Waals surface area contributed by atoms with Gasteiger partial charge in [0.15, 0.2) is 5.78 Å². The molecule has 0 aromatic heterocycles. The molecular formula is C20H22N2O. The fraction of sp³-hybridized carbons (Fsp3) is 0.250. The molecule has 2 aromatic rings. The van der Waals surface area contributed by atoms with E-state index in [1.165, 1.54) is 5.56 Å². The van der Waals surface area contributed by atoms with Crippen LogP contribution in [-0.2, 0) is 6.42 Å². The van der Waals surface area contributed by atoms with Gasteiger partial charge < -0.3 is 10.6 Å². The molecule has 0 radical (unpaired) electrons. The highest BCUT2D eigenvalue weighted by Gasteiger charge is 2.28. The van der Waals surface area contributed by atoms with E-state index in [-0.39, 0.29) is 11.3 Å². The van der Waals surface area contributed by atoms with Crippen LogP contribution in [0.2, 0.25) is 0 Å². The van der Waals surface area contributed by atoms with Gasteiger partial charge >= 0.3 is 0 Å². The number of ketones is 1. The predicted molar refractivity (Wildman–Crippen MR) is 95.7 cm³/mol. The van der Waals surface area contributed by atoms with E-state index < -0.39 is 0 Å². The zero-order chi connectivity index (χ0) is 16.4. The normalized spacial score (nSPS) is 17.3. The van der Waals surface area contributed by atoms with E-state index in [0.29, 0.717) is 5.56 Å². The molecule has 1 aliphatic heterocycles. The second-order valence-electron chi connectivity index (χ2n) is 6.60. The van der Waals surface area contributed by atoms with Gasteiger partial charge in [-0.15, -0.1) is 0 Å². The second kappa shape index (κ2) is 5.92. The Hall–Kier alpha value is -2.55. The molecule has 0 fully saturated rings. The van der Waals surface area contributed by atoms with Gasteiger partial charge in [-0.1, -0.05) is 36.4 Å². The van der Waals surface area contributed by atoms with Crippen LogP contribution in [-0.4, -0.2) is 18.4 Å². The first-order chi connectivity index (χ1) is 11.0. The number of anilines is 1. The van der Waals surface area contributed by atoms with E-state index >= 15 is 0 Å². The van der Waals surface area contributed by atoms with Crippen molar-refractivity contribution in [1.82, 2.24) is 5.32 Å². The maximum atomic E-state index is 12.6. The maximum absolute atomic E-state index is 12.6. The van der Waals surface area contributed by atoms with E-state index in [0.717, 1.165) is 23.4 Å². The summed E-state index contributed by atoms with van der Waals surface area (Å²) >= 11 is 0. The summed E-state index contributed by atoms with van der Waals surface area (Å²) in [6, 6.07) is 15.7. The molecule has 0 unspecified atom stereocenters. The number of fused-ring (bicyclic) bond motifs is 1. The van der Waals surface area contributed by atoms with Gasteiger partial charge in [0.2, 0.25) is 0 Å². The van der Waals surface area contributed by atoms with Crippen LogP contribution in [0.1, 0.15) is 35.3 Å². The summed E-state index contributed by atoms with van der Waals surface area (Å²) in [6.07, 6.45) is 2.65. The van der Waals surface area contributed by atoms with E-state index in [1.54, 1.807) is 6.08 Å². The minimum absolute atomic E-state index is 0.0200. The summed E-state index contributed by atoms with van der Waals surface area (Å²) in [7, 11) is 1.90. The van der Waals surface area contributed by atoms with Crippen LogP contribution < -0.4 is 10.6 Å². The monoisotopic (exact) mass is 306 g/mol. The molecule has 23 heavy (non-hydrogen) atoms. The van der Waals surface area contributed by atoms with Crippen LogP contribution in [0.5, 0.6) is 0 Å². The standard InChI is InChI=1S/C20H22N2O/c1-20(2)13-15-9-10-16(21-3)11-17(15)18(22-20)12-19(23)14-7-5-4-6-8-14/h4-12,21-22H,13H2,1-3H3. The largest absolute Gasteiger partial charge is 0.388 e. The summed E-state index contributed by atoms with van der Waals surface area (Å²) in [4.78, 5) is 12.6. The number of hydrogen-bond acceptors (Lipinski definition) is 3. The van der Waals surface area contributed by atoms with Crippen molar-refractivity contribution in [3.8, 4) is 0 Å². The van der Waals surface area contributed by atoms with E-state index in [2.05, 4.69) is 42.7 Å². The van der Waals surface area contributed by atoms with Gasteiger partial charge in [0, 0.05) is 41.2 Å². The Kier molecular flexibility index (Phi) is 3.95. The van der Waals surface area contributed by atoms with Gasteiger partial charge in [-0.25, -0.2) is 0 Å². The van der Waals surface area contributed by atoms with Crippen molar-refractivity contribution in [2.75, 3.05) is 12.4 Å². The topological polar surface area (TPSA) is 41.1 Å². The van der Waals surface area contributed by atoms with Gasteiger partial charge in [-0.2, -0.15) is 0 Å². The lowest BCUT2D eigenvalue weighted by Gasteiger charge is -2.35. The van der Waals surface area contributed by atoms with Crippen molar-refractivity contribution in [3.05, 3.63) is 71.3 Å². The predicted octanol–water partition coefficient (Wildman–Crippen LogP) is 3.88. The molecule has 1 aliphatic rings. The van der Waals surface area contributed by atoms with Crippen molar-refractivity contribution >= 4 is 17.2 Å². The van der Waals surface area contributed by atoms with E-state index in [9.17, 15) is 4.79 Å². The molecule has 0 saturated carbocycles. The molecule has 0 saturated heterocycles. The first-order valence-electron chi connectivity index (χ1n) is 7.89. The number of rotatable bonds is 3. The Labute approximate surface area is 137 Å². The fourth-order valence-corrected chi connectivity index (χ4v) is 3.02. The highest BCUT2D eigenvalue weighted by atomic mass is 16.1. The summed E-state index contributed by atoms with van der Waals surface area (Å²) < 4.78 is 0. The van der Waals surface area contributed by atoms with Gasteiger partial charge in [0.1, 0.15) is 0 Å². The lowest BCUT2D eigenvalue weighted by atomic mass is 9.85. The molecule has 0 spiro atoms. The molecule has 1 heterocycles. The number of nitrogens with one attached hydrogen (secondary N) is 2. The molecule has 3 nitrogen and oxygen atoms in total. The Morgan fingerprint density at radius 2 is 1.91 bits per heavy atom. The van der Waals surface area contributed by atoms with Gasteiger partial charge in [0.05, 0.1) is 0 Å². The lowest BCUT2D eigenvalue weighted by molar-refractivity contribution is 0.104. The lowest BCUT2D eigenvalue weighted by Crippen LogP contribution is -2.43. The molecule has 2 aromatic carbocycles. The Morgan fingerprint density at radius 1 is 1.17 bits per heavy atom. The molecular weight excluding hydrogens is 284 g/mol. The average molecular weight is 306 g/mol. The Bertz CT molecular complexity index is 760. The first-order valence-corrected chi connectivity index (χ1v) is 7.89. The smallest absolute Gasteiger partial charge is 0.187 e. The zero-order valence-corrected chi connectivity index (χ0v) is 13.8. The highest BCUT2D eigenvalue weighted by Crippen LogP contribution is 2.31. The zero-order valence-electron chi connectivity index (χ0n) is 13.8. The van der Waals surface area contributed by atoms with Crippen LogP contribution >= 0.6 is 0 Å². The highest BCUT2D eigenvalue weighted by molar-refractivity contribution is 6.08. The molecule has 0 bridgehead atoms. The van der Waals surface area contributed by atoms with Crippen LogP contribution in [0, 0.1) is 0 Å².